The predicted molar refractivity (Wildman–Crippen MR) is 99.5 cm³/mol. The molecule has 1 N–H and O–H groups in total. The van der Waals surface area contributed by atoms with E-state index in [1.807, 2.05) is 26.0 Å². The van der Waals surface area contributed by atoms with Crippen LogP contribution in [0.25, 0.3) is 0 Å². The number of anilines is 1. The quantitative estimate of drug-likeness (QED) is 0.897. The molecular weight excluding hydrogens is 331 g/mol. The Bertz CT molecular complexity index is 814. The van der Waals surface area contributed by atoms with Crippen LogP contribution in [-0.2, 0) is 16.0 Å². The van der Waals surface area contributed by atoms with Crippen molar-refractivity contribution < 1.29 is 14.0 Å². The van der Waals surface area contributed by atoms with Gasteiger partial charge in [-0.05, 0) is 55.2 Å². The van der Waals surface area contributed by atoms with Crippen molar-refractivity contribution >= 4 is 17.5 Å². The van der Waals surface area contributed by atoms with Gasteiger partial charge in [0.05, 0.1) is 5.92 Å². The van der Waals surface area contributed by atoms with Crippen molar-refractivity contribution in [2.75, 3.05) is 18.0 Å². The molecule has 136 valence electrons. The largest absolute Gasteiger partial charge is 0.355 e. The first-order valence-electron chi connectivity index (χ1n) is 8.84. The zero-order valence-corrected chi connectivity index (χ0v) is 15.1. The number of nitrogens with one attached hydrogen (secondary N) is 1. The van der Waals surface area contributed by atoms with Crippen molar-refractivity contribution in [3.63, 3.8) is 0 Å². The Balaban J connectivity index is 1.58. The van der Waals surface area contributed by atoms with E-state index in [2.05, 4.69) is 11.4 Å². The summed E-state index contributed by atoms with van der Waals surface area (Å²) >= 11 is 0. The highest BCUT2D eigenvalue weighted by atomic mass is 19.1. The van der Waals surface area contributed by atoms with E-state index in [9.17, 15) is 14.0 Å². The summed E-state index contributed by atoms with van der Waals surface area (Å²) in [5.41, 5.74) is 3.59. The molecule has 1 heterocycles. The summed E-state index contributed by atoms with van der Waals surface area (Å²) in [4.78, 5) is 26.4. The number of carbonyl (C=O) groups is 2. The number of nitrogens with zero attached hydrogens (tertiary/aromatic N) is 1. The van der Waals surface area contributed by atoms with Gasteiger partial charge in [0.15, 0.2) is 0 Å². The number of amides is 2. The van der Waals surface area contributed by atoms with Crippen molar-refractivity contribution in [3.8, 4) is 0 Å². The number of hydrogen-bond acceptors (Lipinski definition) is 2. The molecular formula is C21H23FN2O2. The summed E-state index contributed by atoms with van der Waals surface area (Å²) in [6, 6.07) is 12.5. The van der Waals surface area contributed by atoms with Crippen LogP contribution in [0.3, 0.4) is 0 Å². The molecule has 0 spiro atoms. The van der Waals surface area contributed by atoms with Crippen molar-refractivity contribution in [2.45, 2.75) is 26.7 Å². The molecule has 1 atom stereocenters. The highest BCUT2D eigenvalue weighted by molar-refractivity contribution is 6.00. The highest BCUT2D eigenvalue weighted by Crippen LogP contribution is 2.27. The molecule has 2 aromatic rings. The van der Waals surface area contributed by atoms with E-state index in [1.165, 1.54) is 6.07 Å². The van der Waals surface area contributed by atoms with Crippen LogP contribution < -0.4 is 10.2 Å². The zero-order valence-electron chi connectivity index (χ0n) is 15.1. The van der Waals surface area contributed by atoms with Gasteiger partial charge >= 0.3 is 0 Å². The van der Waals surface area contributed by atoms with E-state index in [0.29, 0.717) is 25.1 Å². The molecule has 1 fully saturated rings. The first-order valence-corrected chi connectivity index (χ1v) is 8.84. The average molecular weight is 354 g/mol. The van der Waals surface area contributed by atoms with Crippen LogP contribution in [0, 0.1) is 25.6 Å². The molecule has 1 saturated heterocycles. The summed E-state index contributed by atoms with van der Waals surface area (Å²) in [6.45, 7) is 4.72. The first-order chi connectivity index (χ1) is 12.4. The van der Waals surface area contributed by atoms with Crippen molar-refractivity contribution in [1.29, 1.82) is 0 Å². The third-order valence-electron chi connectivity index (χ3n) is 4.67. The third kappa shape index (κ3) is 4.10. The van der Waals surface area contributed by atoms with Crippen LogP contribution >= 0.6 is 0 Å². The van der Waals surface area contributed by atoms with E-state index in [0.717, 1.165) is 16.8 Å². The van der Waals surface area contributed by atoms with Gasteiger partial charge in [-0.3, -0.25) is 9.59 Å². The molecule has 26 heavy (non-hydrogen) atoms. The molecule has 1 aliphatic heterocycles. The van der Waals surface area contributed by atoms with Crippen LogP contribution in [0.4, 0.5) is 10.1 Å². The second-order valence-electron chi connectivity index (χ2n) is 6.88. The number of benzene rings is 2. The molecule has 0 radical (unpaired) electrons. The average Bonchev–Trinajstić information content (AvgIpc) is 2.97. The minimum Gasteiger partial charge on any atom is -0.355 e. The van der Waals surface area contributed by atoms with E-state index in [-0.39, 0.29) is 30.0 Å². The minimum atomic E-state index is -0.371. The van der Waals surface area contributed by atoms with Crippen LogP contribution in [-0.4, -0.2) is 24.9 Å². The lowest BCUT2D eigenvalue weighted by Gasteiger charge is -2.18. The summed E-state index contributed by atoms with van der Waals surface area (Å²) in [7, 11) is 0. The Kier molecular flexibility index (Phi) is 5.35. The molecule has 5 heteroatoms. The second kappa shape index (κ2) is 7.68. The fraction of sp³-hybridized carbons (Fsp3) is 0.333. The Hall–Kier alpha value is -2.69. The molecule has 3 rings (SSSR count). The minimum absolute atomic E-state index is 0.0377. The molecule has 0 aliphatic carbocycles. The van der Waals surface area contributed by atoms with Crippen LogP contribution in [0.5, 0.6) is 0 Å². The number of carbonyl (C=O) groups excluding carboxylic acids is 2. The van der Waals surface area contributed by atoms with Gasteiger partial charge in [-0.2, -0.15) is 0 Å². The second-order valence-corrected chi connectivity index (χ2v) is 6.88. The summed E-state index contributed by atoms with van der Waals surface area (Å²) in [5.74, 6) is -0.825. The lowest BCUT2D eigenvalue weighted by atomic mass is 10.1. The molecule has 1 unspecified atom stereocenters. The number of aryl methyl sites for hydroxylation is 2. The Morgan fingerprint density at radius 3 is 2.58 bits per heavy atom. The molecule has 0 aromatic heterocycles. The van der Waals surface area contributed by atoms with Gasteiger partial charge in [0.1, 0.15) is 5.82 Å². The van der Waals surface area contributed by atoms with Crippen LogP contribution in [0.2, 0.25) is 0 Å². The molecule has 0 bridgehead atoms. The van der Waals surface area contributed by atoms with Crippen molar-refractivity contribution in [2.24, 2.45) is 5.92 Å². The standard InChI is InChI=1S/C21H23FN2O2/c1-14-9-15(2)11-18(10-14)24-13-17(12-20(24)25)21(26)23-8-7-16-5-3-4-6-19(16)22/h3-6,9-11,17H,7-8,12-13H2,1-2H3,(H,23,26). The van der Waals surface area contributed by atoms with E-state index in [4.69, 9.17) is 0 Å². The maximum atomic E-state index is 13.6. The van der Waals surface area contributed by atoms with Gasteiger partial charge in [0.25, 0.3) is 0 Å². The lowest BCUT2D eigenvalue weighted by molar-refractivity contribution is -0.126. The Labute approximate surface area is 153 Å². The molecule has 2 amide bonds. The number of rotatable bonds is 5. The smallest absolute Gasteiger partial charge is 0.227 e. The maximum absolute atomic E-state index is 13.6. The van der Waals surface area contributed by atoms with Gasteiger partial charge in [-0.1, -0.05) is 24.3 Å². The van der Waals surface area contributed by atoms with Gasteiger partial charge in [-0.15, -0.1) is 0 Å². The molecule has 1 aliphatic rings. The maximum Gasteiger partial charge on any atom is 0.227 e. The fourth-order valence-electron chi connectivity index (χ4n) is 3.41. The Morgan fingerprint density at radius 1 is 1.19 bits per heavy atom. The SMILES string of the molecule is Cc1cc(C)cc(N2CC(C(=O)NCCc3ccccc3F)CC2=O)c1. The number of halogens is 1. The van der Waals surface area contributed by atoms with Gasteiger partial charge in [-0.25, -0.2) is 4.39 Å². The monoisotopic (exact) mass is 354 g/mol. The van der Waals surface area contributed by atoms with E-state index < -0.39 is 0 Å². The summed E-state index contributed by atoms with van der Waals surface area (Å²) < 4.78 is 13.6. The van der Waals surface area contributed by atoms with Crippen molar-refractivity contribution in [3.05, 3.63) is 65.0 Å². The predicted octanol–water partition coefficient (Wildman–Crippen LogP) is 3.15. The van der Waals surface area contributed by atoms with E-state index in [1.54, 1.807) is 23.1 Å². The molecule has 0 saturated carbocycles. The third-order valence-corrected chi connectivity index (χ3v) is 4.67. The van der Waals surface area contributed by atoms with Gasteiger partial charge < -0.3 is 10.2 Å². The van der Waals surface area contributed by atoms with Crippen LogP contribution in [0.15, 0.2) is 42.5 Å². The summed E-state index contributed by atoms with van der Waals surface area (Å²) in [5, 5.41) is 2.83. The van der Waals surface area contributed by atoms with Gasteiger partial charge in [0, 0.05) is 25.2 Å². The lowest BCUT2D eigenvalue weighted by Crippen LogP contribution is -2.34. The fourth-order valence-corrected chi connectivity index (χ4v) is 3.41. The topological polar surface area (TPSA) is 49.4 Å². The Morgan fingerprint density at radius 2 is 1.88 bits per heavy atom. The highest BCUT2D eigenvalue weighted by Gasteiger charge is 2.35. The zero-order chi connectivity index (χ0) is 18.7. The van der Waals surface area contributed by atoms with E-state index >= 15 is 0 Å². The number of hydrogen-bond donors (Lipinski definition) is 1. The molecule has 2 aromatic carbocycles. The van der Waals surface area contributed by atoms with Gasteiger partial charge in [0.2, 0.25) is 11.8 Å². The first kappa shape index (κ1) is 18.1. The van der Waals surface area contributed by atoms with Crippen molar-refractivity contribution in [1.82, 2.24) is 5.32 Å². The normalized spacial score (nSPS) is 16.8. The molecule has 4 nitrogen and oxygen atoms in total. The summed E-state index contributed by atoms with van der Waals surface area (Å²) in [6.07, 6.45) is 0.637. The van der Waals surface area contributed by atoms with Crippen LogP contribution in [0.1, 0.15) is 23.1 Å².